The Bertz CT molecular complexity index is 279. The van der Waals surface area contributed by atoms with Gasteiger partial charge in [0.15, 0.2) is 0 Å². The Morgan fingerprint density at radius 3 is 2.00 bits per heavy atom. The Hall–Kier alpha value is -0.280. The summed E-state index contributed by atoms with van der Waals surface area (Å²) in [6.07, 6.45) is -1.93. The Labute approximate surface area is 86.7 Å². The van der Waals surface area contributed by atoms with Gasteiger partial charge in [-0.05, 0) is 19.1 Å². The Balaban J connectivity index is 3.12. The van der Waals surface area contributed by atoms with Gasteiger partial charge in [0.25, 0.3) is 0 Å². The van der Waals surface area contributed by atoms with Crippen LogP contribution >= 0.6 is 23.2 Å². The third kappa shape index (κ3) is 2.35. The molecule has 0 amide bonds. The summed E-state index contributed by atoms with van der Waals surface area (Å²) < 4.78 is 0. The molecule has 0 spiro atoms. The van der Waals surface area contributed by atoms with Gasteiger partial charge in [0.2, 0.25) is 0 Å². The molecule has 0 heterocycles. The highest BCUT2D eigenvalue weighted by Gasteiger charge is 2.19. The fraction of sp³-hybridized carbons (Fsp3) is 0.333. The first-order chi connectivity index (χ1) is 6.04. The highest BCUT2D eigenvalue weighted by molar-refractivity contribution is 6.36. The predicted octanol–water partition coefficient (Wildman–Crippen LogP) is 2.41. The number of hydrogen-bond acceptors (Lipinski definition) is 2. The van der Waals surface area contributed by atoms with Crippen molar-refractivity contribution in [3.05, 3.63) is 33.8 Å². The summed E-state index contributed by atoms with van der Waals surface area (Å²) in [5.41, 5.74) is 0.376. The first-order valence-electron chi connectivity index (χ1n) is 3.84. The van der Waals surface area contributed by atoms with Crippen molar-refractivity contribution in [2.75, 3.05) is 0 Å². The van der Waals surface area contributed by atoms with E-state index in [2.05, 4.69) is 0 Å². The van der Waals surface area contributed by atoms with Crippen molar-refractivity contribution in [2.45, 2.75) is 19.1 Å². The Kier molecular flexibility index (Phi) is 3.56. The largest absolute Gasteiger partial charge is 0.390 e. The molecule has 4 heteroatoms. The summed E-state index contributed by atoms with van der Waals surface area (Å²) in [4.78, 5) is 0. The van der Waals surface area contributed by atoms with Gasteiger partial charge >= 0.3 is 0 Å². The minimum absolute atomic E-state index is 0.362. The number of benzene rings is 1. The van der Waals surface area contributed by atoms with Gasteiger partial charge in [-0.3, -0.25) is 0 Å². The van der Waals surface area contributed by atoms with E-state index in [4.69, 9.17) is 28.3 Å². The number of hydrogen-bond donors (Lipinski definition) is 2. The van der Waals surface area contributed by atoms with Crippen LogP contribution in [-0.4, -0.2) is 16.3 Å². The molecule has 0 saturated carbocycles. The summed E-state index contributed by atoms with van der Waals surface area (Å²) in [6.45, 7) is 1.48. The van der Waals surface area contributed by atoms with Crippen LogP contribution in [0.5, 0.6) is 0 Å². The zero-order valence-electron chi connectivity index (χ0n) is 7.04. The highest BCUT2D eigenvalue weighted by Crippen LogP contribution is 2.31. The van der Waals surface area contributed by atoms with Crippen LogP contribution in [0.1, 0.15) is 18.6 Å². The number of halogens is 2. The minimum Gasteiger partial charge on any atom is -0.390 e. The van der Waals surface area contributed by atoms with Gasteiger partial charge in [0.1, 0.15) is 6.10 Å². The van der Waals surface area contributed by atoms with Crippen LogP contribution in [-0.2, 0) is 0 Å². The molecule has 2 nitrogen and oxygen atoms in total. The Morgan fingerprint density at radius 2 is 1.62 bits per heavy atom. The molecule has 0 aliphatic carbocycles. The molecule has 0 bridgehead atoms. The first-order valence-corrected chi connectivity index (χ1v) is 4.59. The van der Waals surface area contributed by atoms with E-state index >= 15 is 0 Å². The lowest BCUT2D eigenvalue weighted by atomic mass is 10.1. The second-order valence-electron chi connectivity index (χ2n) is 2.82. The zero-order chi connectivity index (χ0) is 10.0. The molecule has 1 aromatic carbocycles. The molecular formula is C9H10Cl2O2. The highest BCUT2D eigenvalue weighted by atomic mass is 35.5. The molecule has 1 unspecified atom stereocenters. The van der Waals surface area contributed by atoms with Crippen molar-refractivity contribution in [1.29, 1.82) is 0 Å². The normalized spacial score (nSPS) is 15.5. The smallest absolute Gasteiger partial charge is 0.107 e. The van der Waals surface area contributed by atoms with Crippen LogP contribution < -0.4 is 0 Å². The SMILES string of the molecule is CC(O)[C@H](O)c1c(Cl)cccc1Cl. The zero-order valence-corrected chi connectivity index (χ0v) is 8.55. The lowest BCUT2D eigenvalue weighted by molar-refractivity contribution is 0.0306. The molecule has 2 N–H and O–H groups in total. The summed E-state index contributed by atoms with van der Waals surface area (Å²) in [7, 11) is 0. The van der Waals surface area contributed by atoms with Crippen LogP contribution in [0.25, 0.3) is 0 Å². The second kappa shape index (κ2) is 4.29. The number of aliphatic hydroxyl groups excluding tert-OH is 2. The maximum Gasteiger partial charge on any atom is 0.107 e. The molecule has 1 aromatic rings. The maximum absolute atomic E-state index is 9.54. The van der Waals surface area contributed by atoms with E-state index in [1.165, 1.54) is 6.92 Å². The molecule has 0 fully saturated rings. The molecule has 2 atom stereocenters. The molecular weight excluding hydrogens is 211 g/mol. The fourth-order valence-electron chi connectivity index (χ4n) is 1.03. The van der Waals surface area contributed by atoms with Crippen LogP contribution in [0.15, 0.2) is 18.2 Å². The van der Waals surface area contributed by atoms with Gasteiger partial charge in [-0.1, -0.05) is 29.3 Å². The molecule has 72 valence electrons. The van der Waals surface area contributed by atoms with E-state index in [9.17, 15) is 5.11 Å². The van der Waals surface area contributed by atoms with Gasteiger partial charge in [-0.25, -0.2) is 0 Å². The Morgan fingerprint density at radius 1 is 1.15 bits per heavy atom. The second-order valence-corrected chi connectivity index (χ2v) is 3.64. The van der Waals surface area contributed by atoms with E-state index < -0.39 is 12.2 Å². The predicted molar refractivity (Wildman–Crippen MR) is 53.1 cm³/mol. The van der Waals surface area contributed by atoms with E-state index in [-0.39, 0.29) is 0 Å². The molecule has 13 heavy (non-hydrogen) atoms. The van der Waals surface area contributed by atoms with Gasteiger partial charge in [-0.2, -0.15) is 0 Å². The average molecular weight is 221 g/mol. The van der Waals surface area contributed by atoms with E-state index in [0.29, 0.717) is 15.6 Å². The number of rotatable bonds is 2. The number of aliphatic hydroxyl groups is 2. The van der Waals surface area contributed by atoms with Crippen molar-refractivity contribution < 1.29 is 10.2 Å². The topological polar surface area (TPSA) is 40.5 Å². The summed E-state index contributed by atoms with van der Waals surface area (Å²) in [6, 6.07) is 4.92. The lowest BCUT2D eigenvalue weighted by Gasteiger charge is -2.16. The summed E-state index contributed by atoms with van der Waals surface area (Å²) in [5.74, 6) is 0. The molecule has 0 saturated heterocycles. The van der Waals surface area contributed by atoms with Crippen molar-refractivity contribution in [1.82, 2.24) is 0 Å². The quantitative estimate of drug-likeness (QED) is 0.804. The average Bonchev–Trinajstić information content (AvgIpc) is 2.03. The minimum atomic E-state index is -1.04. The lowest BCUT2D eigenvalue weighted by Crippen LogP contribution is -2.14. The fourth-order valence-corrected chi connectivity index (χ4v) is 1.66. The first kappa shape index (κ1) is 10.8. The van der Waals surface area contributed by atoms with Gasteiger partial charge in [0, 0.05) is 15.6 Å². The third-order valence-corrected chi connectivity index (χ3v) is 2.41. The van der Waals surface area contributed by atoms with Gasteiger partial charge in [0.05, 0.1) is 6.10 Å². The monoisotopic (exact) mass is 220 g/mol. The molecule has 0 radical (unpaired) electrons. The van der Waals surface area contributed by atoms with Gasteiger partial charge < -0.3 is 10.2 Å². The van der Waals surface area contributed by atoms with Crippen LogP contribution in [0.3, 0.4) is 0 Å². The van der Waals surface area contributed by atoms with Crippen molar-refractivity contribution in [2.24, 2.45) is 0 Å². The molecule has 0 aromatic heterocycles. The van der Waals surface area contributed by atoms with Crippen LogP contribution in [0.4, 0.5) is 0 Å². The third-order valence-electron chi connectivity index (χ3n) is 1.75. The van der Waals surface area contributed by atoms with Crippen LogP contribution in [0.2, 0.25) is 10.0 Å². The molecule has 0 aliphatic heterocycles. The standard InChI is InChI=1S/C9H10Cl2O2/c1-5(12)9(13)8-6(10)3-2-4-7(8)11/h2-5,9,12-13H,1H3/t5?,9-/m0/s1. The van der Waals surface area contributed by atoms with Crippen molar-refractivity contribution >= 4 is 23.2 Å². The van der Waals surface area contributed by atoms with E-state index in [0.717, 1.165) is 0 Å². The molecule has 1 rings (SSSR count). The maximum atomic E-state index is 9.54. The summed E-state index contributed by atoms with van der Waals surface area (Å²) in [5, 5.41) is 19.4. The van der Waals surface area contributed by atoms with E-state index in [1.807, 2.05) is 0 Å². The van der Waals surface area contributed by atoms with Gasteiger partial charge in [-0.15, -0.1) is 0 Å². The molecule has 0 aliphatic rings. The van der Waals surface area contributed by atoms with Crippen molar-refractivity contribution in [3.63, 3.8) is 0 Å². The summed E-state index contributed by atoms with van der Waals surface area (Å²) >= 11 is 11.6. The van der Waals surface area contributed by atoms with E-state index in [1.54, 1.807) is 18.2 Å². The van der Waals surface area contributed by atoms with Crippen LogP contribution in [0, 0.1) is 0 Å². The van der Waals surface area contributed by atoms with Crippen molar-refractivity contribution in [3.8, 4) is 0 Å².